The minimum Gasteiger partial charge on any atom is -0.497 e. The van der Waals surface area contributed by atoms with E-state index in [0.717, 1.165) is 10.6 Å². The molecule has 28 heavy (non-hydrogen) atoms. The number of carbonyl (C=O) groups is 1. The van der Waals surface area contributed by atoms with E-state index in [4.69, 9.17) is 13.9 Å². The van der Waals surface area contributed by atoms with Crippen molar-refractivity contribution in [1.82, 2.24) is 10.2 Å². The Kier molecular flexibility index (Phi) is 6.83. The van der Waals surface area contributed by atoms with Gasteiger partial charge in [0.05, 0.1) is 31.2 Å². The first kappa shape index (κ1) is 20.1. The van der Waals surface area contributed by atoms with E-state index < -0.39 is 0 Å². The van der Waals surface area contributed by atoms with Crippen LogP contribution < -0.4 is 14.8 Å². The van der Waals surface area contributed by atoms with Gasteiger partial charge in [-0.15, -0.1) is 22.0 Å². The predicted octanol–water partition coefficient (Wildman–Crippen LogP) is 4.21. The van der Waals surface area contributed by atoms with Crippen LogP contribution >= 0.6 is 23.5 Å². The molecule has 0 bridgehead atoms. The molecule has 0 atom stereocenters. The quantitative estimate of drug-likeness (QED) is 0.546. The molecule has 1 heterocycles. The molecule has 0 aliphatic carbocycles. The Bertz CT molecular complexity index is 962. The van der Waals surface area contributed by atoms with E-state index in [1.54, 1.807) is 44.2 Å². The van der Waals surface area contributed by atoms with Crippen LogP contribution in [0.15, 0.2) is 57.0 Å². The van der Waals surface area contributed by atoms with E-state index in [9.17, 15) is 4.79 Å². The number of carbonyl (C=O) groups excluding carboxylic acids is 1. The topological polar surface area (TPSA) is 86.5 Å². The molecule has 1 amide bonds. The number of para-hydroxylation sites is 1. The summed E-state index contributed by atoms with van der Waals surface area (Å²) in [6.07, 6.45) is 1.97. The van der Waals surface area contributed by atoms with Crippen molar-refractivity contribution < 1.29 is 18.7 Å². The number of aromatic nitrogens is 2. The molecule has 7 nitrogen and oxygen atoms in total. The zero-order valence-corrected chi connectivity index (χ0v) is 17.2. The van der Waals surface area contributed by atoms with Crippen LogP contribution in [-0.4, -0.2) is 42.3 Å². The van der Waals surface area contributed by atoms with Crippen molar-refractivity contribution >= 4 is 35.1 Å². The summed E-state index contributed by atoms with van der Waals surface area (Å²) in [5, 5.41) is 11.2. The maximum Gasteiger partial charge on any atom is 0.277 e. The highest BCUT2D eigenvalue weighted by atomic mass is 32.2. The number of nitrogens with zero attached hydrogens (tertiary/aromatic N) is 2. The third-order valence-electron chi connectivity index (χ3n) is 3.75. The molecule has 0 aliphatic rings. The number of benzene rings is 2. The van der Waals surface area contributed by atoms with E-state index in [0.29, 0.717) is 28.2 Å². The number of rotatable bonds is 8. The smallest absolute Gasteiger partial charge is 0.277 e. The van der Waals surface area contributed by atoms with Crippen molar-refractivity contribution in [2.75, 3.05) is 31.5 Å². The first-order chi connectivity index (χ1) is 13.6. The number of methoxy groups -OCH3 is 2. The van der Waals surface area contributed by atoms with Crippen LogP contribution in [0.25, 0.3) is 11.5 Å². The summed E-state index contributed by atoms with van der Waals surface area (Å²) in [7, 11) is 3.14. The van der Waals surface area contributed by atoms with E-state index >= 15 is 0 Å². The number of amides is 1. The van der Waals surface area contributed by atoms with Crippen LogP contribution in [0, 0.1) is 0 Å². The summed E-state index contributed by atoms with van der Waals surface area (Å²) in [6.45, 7) is 0. The molecule has 1 aromatic heterocycles. The lowest BCUT2D eigenvalue weighted by Gasteiger charge is -2.08. The van der Waals surface area contributed by atoms with Gasteiger partial charge >= 0.3 is 0 Å². The second-order valence-electron chi connectivity index (χ2n) is 5.48. The Morgan fingerprint density at radius 1 is 1.14 bits per heavy atom. The van der Waals surface area contributed by atoms with Crippen LogP contribution in [0.4, 0.5) is 5.69 Å². The average molecular weight is 418 g/mol. The van der Waals surface area contributed by atoms with Gasteiger partial charge in [-0.25, -0.2) is 0 Å². The molecule has 0 saturated heterocycles. The van der Waals surface area contributed by atoms with Crippen LogP contribution in [0.1, 0.15) is 0 Å². The Balaban J connectivity index is 1.64. The van der Waals surface area contributed by atoms with Gasteiger partial charge in [-0.05, 0) is 30.5 Å². The fraction of sp³-hybridized carbons (Fsp3) is 0.211. The first-order valence-corrected chi connectivity index (χ1v) is 10.5. The van der Waals surface area contributed by atoms with E-state index in [1.807, 2.05) is 30.5 Å². The second-order valence-corrected chi connectivity index (χ2v) is 7.25. The van der Waals surface area contributed by atoms with Gasteiger partial charge in [0.2, 0.25) is 5.91 Å². The van der Waals surface area contributed by atoms with Crippen molar-refractivity contribution in [3.05, 3.63) is 42.5 Å². The third-order valence-corrected chi connectivity index (χ3v) is 5.37. The summed E-state index contributed by atoms with van der Waals surface area (Å²) >= 11 is 2.75. The Hall–Kier alpha value is -2.65. The maximum absolute atomic E-state index is 12.2. The zero-order valence-electron chi connectivity index (χ0n) is 15.6. The summed E-state index contributed by atoms with van der Waals surface area (Å²) in [5.41, 5.74) is 1.44. The fourth-order valence-corrected chi connectivity index (χ4v) is 3.53. The molecule has 1 N–H and O–H groups in total. The molecule has 0 saturated carbocycles. The standard InChI is InChI=1S/C19H19N3O4S2/c1-24-12-8-9-13(15(10-12)25-2)18-21-22-19(26-18)28-11-17(23)20-14-6-4-5-7-16(14)27-3/h4-10H,11H2,1-3H3,(H,20,23). The molecule has 2 aromatic carbocycles. The molecule has 9 heteroatoms. The zero-order chi connectivity index (χ0) is 19.9. The molecule has 3 aromatic rings. The van der Waals surface area contributed by atoms with E-state index in [-0.39, 0.29) is 11.7 Å². The van der Waals surface area contributed by atoms with Crippen LogP contribution in [0.2, 0.25) is 0 Å². The van der Waals surface area contributed by atoms with Crippen molar-refractivity contribution in [2.45, 2.75) is 10.1 Å². The average Bonchev–Trinajstić information content (AvgIpc) is 3.21. The molecule has 0 aliphatic heterocycles. The largest absolute Gasteiger partial charge is 0.497 e. The summed E-state index contributed by atoms with van der Waals surface area (Å²) in [4.78, 5) is 13.2. The highest BCUT2D eigenvalue weighted by Crippen LogP contribution is 2.33. The highest BCUT2D eigenvalue weighted by molar-refractivity contribution is 7.99. The Labute approximate surface area is 171 Å². The lowest BCUT2D eigenvalue weighted by Crippen LogP contribution is -2.14. The normalized spacial score (nSPS) is 10.5. The van der Waals surface area contributed by atoms with Gasteiger partial charge < -0.3 is 19.2 Å². The second kappa shape index (κ2) is 9.52. The van der Waals surface area contributed by atoms with Crippen LogP contribution in [0.3, 0.4) is 0 Å². The number of hydrogen-bond acceptors (Lipinski definition) is 8. The summed E-state index contributed by atoms with van der Waals surface area (Å²) in [5.74, 6) is 1.55. The van der Waals surface area contributed by atoms with Gasteiger partial charge in [-0.1, -0.05) is 23.9 Å². The third kappa shape index (κ3) is 4.79. The van der Waals surface area contributed by atoms with Crippen LogP contribution in [-0.2, 0) is 4.79 Å². The van der Waals surface area contributed by atoms with Crippen molar-refractivity contribution in [3.63, 3.8) is 0 Å². The van der Waals surface area contributed by atoms with Gasteiger partial charge in [0.25, 0.3) is 11.1 Å². The van der Waals surface area contributed by atoms with Gasteiger partial charge in [-0.2, -0.15) is 0 Å². The lowest BCUT2D eigenvalue weighted by atomic mass is 10.2. The molecule has 0 unspecified atom stereocenters. The number of nitrogens with one attached hydrogen (secondary N) is 1. The van der Waals surface area contributed by atoms with Crippen molar-refractivity contribution in [1.29, 1.82) is 0 Å². The number of ether oxygens (including phenoxy) is 2. The number of anilines is 1. The van der Waals surface area contributed by atoms with Gasteiger partial charge in [0.15, 0.2) is 0 Å². The highest BCUT2D eigenvalue weighted by Gasteiger charge is 2.16. The predicted molar refractivity (Wildman–Crippen MR) is 110 cm³/mol. The lowest BCUT2D eigenvalue weighted by molar-refractivity contribution is -0.113. The maximum atomic E-state index is 12.2. The fourth-order valence-electron chi connectivity index (χ4n) is 2.41. The molecular weight excluding hydrogens is 398 g/mol. The minimum absolute atomic E-state index is 0.145. The monoisotopic (exact) mass is 417 g/mol. The van der Waals surface area contributed by atoms with E-state index in [2.05, 4.69) is 15.5 Å². The Morgan fingerprint density at radius 3 is 2.71 bits per heavy atom. The molecule has 146 valence electrons. The van der Waals surface area contributed by atoms with Gasteiger partial charge in [-0.3, -0.25) is 4.79 Å². The van der Waals surface area contributed by atoms with Crippen molar-refractivity contribution in [3.8, 4) is 23.0 Å². The molecule has 3 rings (SSSR count). The SMILES string of the molecule is COc1ccc(-c2nnc(SCC(=O)Nc3ccccc3SC)o2)c(OC)c1. The molecule has 0 spiro atoms. The summed E-state index contributed by atoms with van der Waals surface area (Å²) < 4.78 is 16.2. The van der Waals surface area contributed by atoms with Gasteiger partial charge in [0.1, 0.15) is 11.5 Å². The summed E-state index contributed by atoms with van der Waals surface area (Å²) in [6, 6.07) is 13.0. The Morgan fingerprint density at radius 2 is 1.96 bits per heavy atom. The van der Waals surface area contributed by atoms with Crippen LogP contribution in [0.5, 0.6) is 11.5 Å². The molecule has 0 radical (unpaired) electrons. The first-order valence-electron chi connectivity index (χ1n) is 8.26. The van der Waals surface area contributed by atoms with Crippen molar-refractivity contribution in [2.24, 2.45) is 0 Å². The van der Waals surface area contributed by atoms with Gasteiger partial charge in [0, 0.05) is 11.0 Å². The molecular formula is C19H19N3O4S2. The number of hydrogen-bond donors (Lipinski definition) is 1. The molecule has 0 fully saturated rings. The minimum atomic E-state index is -0.145. The number of thioether (sulfide) groups is 2. The van der Waals surface area contributed by atoms with E-state index in [1.165, 1.54) is 11.8 Å².